The van der Waals surface area contributed by atoms with E-state index in [1.807, 2.05) is 19.9 Å². The molecule has 7 nitrogen and oxygen atoms in total. The quantitative estimate of drug-likeness (QED) is 0.500. The summed E-state index contributed by atoms with van der Waals surface area (Å²) in [4.78, 5) is 34.9. The van der Waals surface area contributed by atoms with Gasteiger partial charge in [0.25, 0.3) is 5.91 Å². The van der Waals surface area contributed by atoms with Crippen LogP contribution < -0.4 is 0 Å². The standard InChI is InChI=1S/C29H29FN4O3/c1-27(2)17-33(26(36)29(16-31)10-11-29)12-13-34(27)25(35)23-15-22-24(37-23)20(28(3)8-9-28)14-21(32-22)18-4-6-19(30)7-5-18/h4-7,14-15H,8-13,17H2,1-3H3. The van der Waals surface area contributed by atoms with Crippen molar-refractivity contribution in [3.63, 3.8) is 0 Å². The van der Waals surface area contributed by atoms with Crippen molar-refractivity contribution in [2.24, 2.45) is 5.41 Å². The number of carbonyl (C=O) groups excluding carboxylic acids is 2. The topological polar surface area (TPSA) is 90.4 Å². The van der Waals surface area contributed by atoms with E-state index in [1.54, 1.807) is 28.0 Å². The minimum atomic E-state index is -0.871. The number of hydrogen-bond donors (Lipinski definition) is 0. The molecule has 8 heteroatoms. The molecule has 3 heterocycles. The predicted octanol–water partition coefficient (Wildman–Crippen LogP) is 5.05. The van der Waals surface area contributed by atoms with Crippen LogP contribution >= 0.6 is 0 Å². The number of piperazine rings is 1. The van der Waals surface area contributed by atoms with Gasteiger partial charge in [-0.25, -0.2) is 9.37 Å². The molecule has 190 valence electrons. The molecule has 3 aromatic rings. The lowest BCUT2D eigenvalue weighted by Crippen LogP contribution is -2.62. The Morgan fingerprint density at radius 1 is 1.05 bits per heavy atom. The van der Waals surface area contributed by atoms with Gasteiger partial charge in [-0.15, -0.1) is 0 Å². The number of nitriles is 1. The number of fused-ring (bicyclic) bond motifs is 1. The van der Waals surface area contributed by atoms with Crippen LogP contribution in [0.15, 0.2) is 40.8 Å². The highest BCUT2D eigenvalue weighted by molar-refractivity contribution is 5.97. The smallest absolute Gasteiger partial charge is 0.290 e. The number of hydrogen-bond acceptors (Lipinski definition) is 5. The summed E-state index contributed by atoms with van der Waals surface area (Å²) < 4.78 is 19.7. The van der Waals surface area contributed by atoms with Gasteiger partial charge in [-0.1, -0.05) is 6.92 Å². The van der Waals surface area contributed by atoms with Crippen LogP contribution in [0.4, 0.5) is 4.39 Å². The first-order valence-electron chi connectivity index (χ1n) is 12.8. The first-order chi connectivity index (χ1) is 17.6. The van der Waals surface area contributed by atoms with Crippen molar-refractivity contribution in [1.82, 2.24) is 14.8 Å². The Labute approximate surface area is 214 Å². The number of carbonyl (C=O) groups is 2. The molecule has 3 fully saturated rings. The van der Waals surface area contributed by atoms with Crippen molar-refractivity contribution in [1.29, 1.82) is 5.26 Å². The van der Waals surface area contributed by atoms with Crippen molar-refractivity contribution in [3.8, 4) is 17.3 Å². The maximum atomic E-state index is 13.7. The number of pyridine rings is 1. The number of halogens is 1. The Kier molecular flexibility index (Phi) is 5.04. The third kappa shape index (κ3) is 3.88. The fourth-order valence-electron chi connectivity index (χ4n) is 5.44. The lowest BCUT2D eigenvalue weighted by molar-refractivity contribution is -0.139. The van der Waals surface area contributed by atoms with Gasteiger partial charge in [0.1, 0.15) is 16.7 Å². The summed E-state index contributed by atoms with van der Waals surface area (Å²) in [7, 11) is 0. The van der Waals surface area contributed by atoms with Gasteiger partial charge in [-0.3, -0.25) is 9.59 Å². The minimum Gasteiger partial charge on any atom is -0.449 e. The van der Waals surface area contributed by atoms with E-state index in [4.69, 9.17) is 9.40 Å². The average Bonchev–Trinajstić information content (AvgIpc) is 3.79. The molecule has 1 saturated heterocycles. The molecule has 0 bridgehead atoms. The largest absolute Gasteiger partial charge is 0.449 e. The Balaban J connectivity index is 1.32. The van der Waals surface area contributed by atoms with Gasteiger partial charge in [0.05, 0.1) is 17.3 Å². The Bertz CT molecular complexity index is 1480. The number of nitrogens with zero attached hydrogens (tertiary/aromatic N) is 4. The lowest BCUT2D eigenvalue weighted by Gasteiger charge is -2.47. The zero-order valence-electron chi connectivity index (χ0n) is 21.3. The van der Waals surface area contributed by atoms with Crippen molar-refractivity contribution in [2.75, 3.05) is 19.6 Å². The summed E-state index contributed by atoms with van der Waals surface area (Å²) in [6.07, 6.45) is 3.25. The van der Waals surface area contributed by atoms with E-state index in [0.29, 0.717) is 43.6 Å². The highest BCUT2D eigenvalue weighted by atomic mass is 19.1. The van der Waals surface area contributed by atoms with Gasteiger partial charge >= 0.3 is 0 Å². The van der Waals surface area contributed by atoms with Crippen molar-refractivity contribution in [3.05, 3.63) is 53.5 Å². The molecule has 0 spiro atoms. The van der Waals surface area contributed by atoms with Gasteiger partial charge in [0.2, 0.25) is 5.91 Å². The summed E-state index contributed by atoms with van der Waals surface area (Å²) in [5.74, 6) is -0.460. The number of furan rings is 1. The summed E-state index contributed by atoms with van der Waals surface area (Å²) >= 11 is 0. The summed E-state index contributed by atoms with van der Waals surface area (Å²) in [6.45, 7) is 7.13. The molecule has 6 rings (SSSR count). The van der Waals surface area contributed by atoms with Gasteiger partial charge in [0, 0.05) is 36.8 Å². The fraction of sp³-hybridized carbons (Fsp3) is 0.448. The minimum absolute atomic E-state index is 0.0427. The van der Waals surface area contributed by atoms with Crippen LogP contribution in [0, 0.1) is 22.6 Å². The Morgan fingerprint density at radius 3 is 2.35 bits per heavy atom. The summed E-state index contributed by atoms with van der Waals surface area (Å²) in [5.41, 5.74) is 2.20. The summed E-state index contributed by atoms with van der Waals surface area (Å²) in [6, 6.07) is 12.1. The van der Waals surface area contributed by atoms with Crippen LogP contribution in [0.1, 0.15) is 62.6 Å². The predicted molar refractivity (Wildman–Crippen MR) is 135 cm³/mol. The first-order valence-corrected chi connectivity index (χ1v) is 12.8. The average molecular weight is 501 g/mol. The second-order valence-electron chi connectivity index (χ2n) is 11.6. The molecule has 1 aliphatic heterocycles. The van der Waals surface area contributed by atoms with Crippen molar-refractivity contribution in [2.45, 2.75) is 57.4 Å². The highest BCUT2D eigenvalue weighted by Crippen LogP contribution is 2.51. The third-order valence-corrected chi connectivity index (χ3v) is 8.29. The molecule has 0 atom stereocenters. The first kappa shape index (κ1) is 23.7. The molecule has 0 unspecified atom stereocenters. The van der Waals surface area contributed by atoms with Gasteiger partial charge in [-0.05, 0) is 75.3 Å². The van der Waals surface area contributed by atoms with Crippen LogP contribution in [0.25, 0.3) is 22.4 Å². The van der Waals surface area contributed by atoms with Gasteiger partial charge in [0.15, 0.2) is 11.3 Å². The Hall–Kier alpha value is -3.73. The van der Waals surface area contributed by atoms with Crippen LogP contribution in [0.2, 0.25) is 0 Å². The van der Waals surface area contributed by atoms with Crippen LogP contribution in [-0.2, 0) is 10.2 Å². The molecule has 0 radical (unpaired) electrons. The Morgan fingerprint density at radius 2 is 1.76 bits per heavy atom. The van der Waals surface area contributed by atoms with E-state index >= 15 is 0 Å². The second kappa shape index (κ2) is 7.88. The molecule has 2 aromatic heterocycles. The molecule has 37 heavy (non-hydrogen) atoms. The molecule has 2 amide bonds. The molecular formula is C29H29FN4O3. The number of aromatic nitrogens is 1. The lowest BCUT2D eigenvalue weighted by atomic mass is 9.96. The van der Waals surface area contributed by atoms with E-state index in [-0.39, 0.29) is 28.8 Å². The SMILES string of the molecule is CC1(c2cc(-c3ccc(F)cc3)nc3cc(C(=O)N4CCN(C(=O)C5(C#N)CC5)CC4(C)C)oc23)CC1. The number of benzene rings is 1. The van der Waals surface area contributed by atoms with Crippen LogP contribution in [-0.4, -0.2) is 51.8 Å². The molecule has 1 aromatic carbocycles. The van der Waals surface area contributed by atoms with Crippen molar-refractivity contribution < 1.29 is 18.4 Å². The van der Waals surface area contributed by atoms with E-state index < -0.39 is 11.0 Å². The van der Waals surface area contributed by atoms with E-state index in [0.717, 1.165) is 29.7 Å². The fourth-order valence-corrected chi connectivity index (χ4v) is 5.44. The number of rotatable bonds is 4. The highest BCUT2D eigenvalue weighted by Gasteiger charge is 2.54. The van der Waals surface area contributed by atoms with Crippen molar-refractivity contribution >= 4 is 22.9 Å². The zero-order chi connectivity index (χ0) is 26.2. The van der Waals surface area contributed by atoms with E-state index in [1.165, 1.54) is 12.1 Å². The van der Waals surface area contributed by atoms with Gasteiger partial charge in [-0.2, -0.15) is 5.26 Å². The maximum absolute atomic E-state index is 13.7. The maximum Gasteiger partial charge on any atom is 0.290 e. The molecule has 3 aliphatic rings. The monoisotopic (exact) mass is 500 g/mol. The van der Waals surface area contributed by atoms with E-state index in [9.17, 15) is 19.2 Å². The van der Waals surface area contributed by atoms with Crippen LogP contribution in [0.5, 0.6) is 0 Å². The van der Waals surface area contributed by atoms with E-state index in [2.05, 4.69) is 13.0 Å². The van der Waals surface area contributed by atoms with Gasteiger partial charge < -0.3 is 14.2 Å². The normalized spacial score (nSPS) is 20.9. The molecule has 0 N–H and O–H groups in total. The zero-order valence-corrected chi connectivity index (χ0v) is 21.3. The molecule has 2 aliphatic carbocycles. The third-order valence-electron chi connectivity index (χ3n) is 8.29. The van der Waals surface area contributed by atoms with Crippen LogP contribution in [0.3, 0.4) is 0 Å². The summed E-state index contributed by atoms with van der Waals surface area (Å²) in [5, 5.41) is 9.44. The second-order valence-corrected chi connectivity index (χ2v) is 11.6. The number of amides is 2. The molecule has 2 saturated carbocycles. The molecular weight excluding hydrogens is 471 g/mol.